The van der Waals surface area contributed by atoms with E-state index in [2.05, 4.69) is 34.1 Å². The van der Waals surface area contributed by atoms with E-state index in [1.165, 1.54) is 38.5 Å². The summed E-state index contributed by atoms with van der Waals surface area (Å²) in [5.74, 6) is 3.14. The Morgan fingerprint density at radius 2 is 1.52 bits per heavy atom. The quantitative estimate of drug-likeness (QED) is 0.592. The summed E-state index contributed by atoms with van der Waals surface area (Å²) in [4.78, 5) is 0.601. The number of hydrogen-bond donors (Lipinski definition) is 0. The van der Waals surface area contributed by atoms with Crippen LogP contribution in [0.2, 0.25) is 0 Å². The van der Waals surface area contributed by atoms with Crippen molar-refractivity contribution >= 4 is 15.9 Å². The lowest BCUT2D eigenvalue weighted by molar-refractivity contribution is -0.0528. The van der Waals surface area contributed by atoms with Crippen LogP contribution in [-0.2, 0) is 12.8 Å². The Morgan fingerprint density at radius 3 is 2.19 bits per heavy atom. The van der Waals surface area contributed by atoms with E-state index in [0.717, 1.165) is 17.8 Å². The number of fused-ring (bicyclic) bond motifs is 1. The zero-order valence-corrected chi connectivity index (χ0v) is 14.4. The van der Waals surface area contributed by atoms with Crippen molar-refractivity contribution in [2.45, 2.75) is 62.6 Å². The molecule has 0 aromatic heterocycles. The Bertz CT molecular complexity index is 538. The van der Waals surface area contributed by atoms with E-state index in [-0.39, 0.29) is 0 Å². The van der Waals surface area contributed by atoms with Crippen molar-refractivity contribution in [3.05, 3.63) is 34.9 Å². The minimum absolute atomic E-state index is 0.585. The molecular formula is C20H25Br. The zero-order valence-electron chi connectivity index (χ0n) is 12.8. The SMILES string of the molecule is BrC(c1ccc2c(c1)CCC2)C12CC3CC(CC(C3)C1)C2. The van der Waals surface area contributed by atoms with Gasteiger partial charge in [-0.25, -0.2) is 0 Å². The van der Waals surface area contributed by atoms with E-state index in [0.29, 0.717) is 10.2 Å². The van der Waals surface area contributed by atoms with Crippen LogP contribution in [0, 0.1) is 23.2 Å². The highest BCUT2D eigenvalue weighted by atomic mass is 79.9. The minimum atomic E-state index is 0.585. The first-order chi connectivity index (χ1) is 10.2. The number of rotatable bonds is 2. The summed E-state index contributed by atoms with van der Waals surface area (Å²) in [6, 6.07) is 7.40. The third-order valence-corrected chi connectivity index (χ3v) is 8.54. The molecule has 1 atom stereocenters. The lowest BCUT2D eigenvalue weighted by Gasteiger charge is -2.58. The molecule has 0 aliphatic heterocycles. The molecule has 4 fully saturated rings. The van der Waals surface area contributed by atoms with Crippen LogP contribution in [-0.4, -0.2) is 0 Å². The molecule has 21 heavy (non-hydrogen) atoms. The number of alkyl halides is 1. The molecule has 0 radical (unpaired) electrons. The van der Waals surface area contributed by atoms with Crippen LogP contribution in [0.15, 0.2) is 18.2 Å². The van der Waals surface area contributed by atoms with Crippen molar-refractivity contribution in [2.75, 3.05) is 0 Å². The summed E-state index contributed by atoms with van der Waals surface area (Å²) >= 11 is 4.18. The van der Waals surface area contributed by atoms with Crippen molar-refractivity contribution < 1.29 is 0 Å². The van der Waals surface area contributed by atoms with Crippen molar-refractivity contribution in [3.8, 4) is 0 Å². The molecule has 0 heterocycles. The van der Waals surface area contributed by atoms with Crippen molar-refractivity contribution in [2.24, 2.45) is 23.2 Å². The number of hydrogen-bond acceptors (Lipinski definition) is 0. The molecule has 4 saturated carbocycles. The first kappa shape index (κ1) is 13.2. The van der Waals surface area contributed by atoms with Gasteiger partial charge < -0.3 is 0 Å². The highest BCUT2D eigenvalue weighted by molar-refractivity contribution is 9.09. The summed E-state index contributed by atoms with van der Waals surface area (Å²) < 4.78 is 0. The predicted molar refractivity (Wildman–Crippen MR) is 90.7 cm³/mol. The first-order valence-corrected chi connectivity index (χ1v) is 9.89. The lowest BCUT2D eigenvalue weighted by Crippen LogP contribution is -2.47. The second-order valence-corrected chi connectivity index (χ2v) is 9.44. The average molecular weight is 345 g/mol. The van der Waals surface area contributed by atoms with Gasteiger partial charge in [0, 0.05) is 4.83 Å². The zero-order chi connectivity index (χ0) is 14.0. The maximum atomic E-state index is 4.18. The molecule has 4 bridgehead atoms. The molecule has 112 valence electrons. The van der Waals surface area contributed by atoms with Gasteiger partial charge in [0.25, 0.3) is 0 Å². The fourth-order valence-corrected chi connectivity index (χ4v) is 7.44. The summed E-state index contributed by atoms with van der Waals surface area (Å²) in [6.07, 6.45) is 13.1. The van der Waals surface area contributed by atoms with Gasteiger partial charge in [-0.2, -0.15) is 0 Å². The molecule has 0 amide bonds. The molecule has 1 aromatic rings. The predicted octanol–water partition coefficient (Wildman–Crippen LogP) is 5.83. The van der Waals surface area contributed by atoms with Gasteiger partial charge in [0.05, 0.1) is 0 Å². The molecule has 0 nitrogen and oxygen atoms in total. The van der Waals surface area contributed by atoms with E-state index < -0.39 is 0 Å². The van der Waals surface area contributed by atoms with Gasteiger partial charge in [0.2, 0.25) is 0 Å². The molecule has 0 N–H and O–H groups in total. The van der Waals surface area contributed by atoms with Crippen molar-refractivity contribution in [3.63, 3.8) is 0 Å². The highest BCUT2D eigenvalue weighted by Crippen LogP contribution is 2.65. The van der Waals surface area contributed by atoms with Crippen LogP contribution in [0.5, 0.6) is 0 Å². The number of benzene rings is 1. The van der Waals surface area contributed by atoms with Gasteiger partial charge in [-0.3, -0.25) is 0 Å². The number of aryl methyl sites for hydroxylation is 2. The van der Waals surface area contributed by atoms with Crippen molar-refractivity contribution in [1.29, 1.82) is 0 Å². The third kappa shape index (κ3) is 1.99. The maximum Gasteiger partial charge on any atom is 0.0451 e. The van der Waals surface area contributed by atoms with Crippen LogP contribution in [0.3, 0.4) is 0 Å². The maximum absolute atomic E-state index is 4.18. The fraction of sp³-hybridized carbons (Fsp3) is 0.700. The summed E-state index contributed by atoms with van der Waals surface area (Å²) in [7, 11) is 0. The van der Waals surface area contributed by atoms with E-state index in [1.807, 2.05) is 0 Å². The van der Waals surface area contributed by atoms with Gasteiger partial charge >= 0.3 is 0 Å². The van der Waals surface area contributed by atoms with Crippen LogP contribution in [0.1, 0.15) is 66.5 Å². The van der Waals surface area contributed by atoms with Gasteiger partial charge in [-0.05, 0) is 97.6 Å². The van der Waals surface area contributed by atoms with Crippen LogP contribution in [0.25, 0.3) is 0 Å². The fourth-order valence-electron chi connectivity index (χ4n) is 6.59. The minimum Gasteiger partial charge on any atom is -0.0833 e. The van der Waals surface area contributed by atoms with Crippen LogP contribution >= 0.6 is 15.9 Å². The first-order valence-electron chi connectivity index (χ1n) is 8.98. The van der Waals surface area contributed by atoms with Crippen LogP contribution < -0.4 is 0 Å². The van der Waals surface area contributed by atoms with Gasteiger partial charge in [0.1, 0.15) is 0 Å². The summed E-state index contributed by atoms with van der Waals surface area (Å²) in [5, 5.41) is 0. The summed E-state index contributed by atoms with van der Waals surface area (Å²) in [5.41, 5.74) is 5.42. The molecule has 0 spiro atoms. The van der Waals surface area contributed by atoms with Crippen molar-refractivity contribution in [1.82, 2.24) is 0 Å². The number of halogens is 1. The molecule has 5 aliphatic rings. The Hall–Kier alpha value is -0.300. The van der Waals surface area contributed by atoms with E-state index in [1.54, 1.807) is 36.0 Å². The Kier molecular flexibility index (Phi) is 2.88. The van der Waals surface area contributed by atoms with Crippen LogP contribution in [0.4, 0.5) is 0 Å². The van der Waals surface area contributed by atoms with E-state index in [9.17, 15) is 0 Å². The van der Waals surface area contributed by atoms with Gasteiger partial charge in [0.15, 0.2) is 0 Å². The molecule has 1 heteroatoms. The van der Waals surface area contributed by atoms with E-state index in [4.69, 9.17) is 0 Å². The standard InChI is InChI=1S/C20H25Br/c21-19(18-5-4-16-2-1-3-17(16)9-18)20-10-13-6-14(11-20)8-15(7-13)12-20/h4-5,9,13-15,19H,1-3,6-8,10-12H2. The van der Waals surface area contributed by atoms with Gasteiger partial charge in [-0.15, -0.1) is 0 Å². The highest BCUT2D eigenvalue weighted by Gasteiger charge is 2.53. The smallest absolute Gasteiger partial charge is 0.0451 e. The Balaban J connectivity index is 1.49. The monoisotopic (exact) mass is 344 g/mol. The van der Waals surface area contributed by atoms with E-state index >= 15 is 0 Å². The van der Waals surface area contributed by atoms with Gasteiger partial charge in [-0.1, -0.05) is 34.1 Å². The second kappa shape index (κ2) is 4.60. The lowest BCUT2D eigenvalue weighted by atomic mass is 9.48. The normalized spacial score (nSPS) is 41.3. The Morgan fingerprint density at radius 1 is 0.905 bits per heavy atom. The largest absolute Gasteiger partial charge is 0.0833 e. The topological polar surface area (TPSA) is 0 Å². The molecule has 5 aliphatic carbocycles. The molecule has 1 unspecified atom stereocenters. The Labute approximate surface area is 136 Å². The molecule has 1 aromatic carbocycles. The third-order valence-electron chi connectivity index (χ3n) is 7.04. The molecule has 6 rings (SSSR count). The second-order valence-electron chi connectivity index (χ2n) is 8.52. The molecule has 0 saturated heterocycles. The average Bonchev–Trinajstić information content (AvgIpc) is 2.92. The summed E-state index contributed by atoms with van der Waals surface area (Å²) in [6.45, 7) is 0. The molecular weight excluding hydrogens is 320 g/mol.